The maximum atomic E-state index is 13.5. The van der Waals surface area contributed by atoms with Crippen LogP contribution in [-0.2, 0) is 11.4 Å². The fourth-order valence-corrected chi connectivity index (χ4v) is 4.46. The zero-order chi connectivity index (χ0) is 24.1. The highest BCUT2D eigenvalue weighted by molar-refractivity contribution is 9.10. The normalized spacial score (nSPS) is 15.6. The first-order valence-electron chi connectivity index (χ1n) is 10.6. The van der Waals surface area contributed by atoms with Crippen LogP contribution in [0.25, 0.3) is 6.08 Å². The lowest BCUT2D eigenvalue weighted by Crippen LogP contribution is -2.19. The highest BCUT2D eigenvalue weighted by atomic mass is 79.9. The van der Waals surface area contributed by atoms with Gasteiger partial charge in [0.2, 0.25) is 0 Å². The second kappa shape index (κ2) is 10.9. The number of thioether (sulfide) groups is 1. The smallest absolute Gasteiger partial charge is 0.264 e. The van der Waals surface area contributed by atoms with Gasteiger partial charge < -0.3 is 14.8 Å². The van der Waals surface area contributed by atoms with Crippen LogP contribution in [0.4, 0.5) is 10.1 Å². The standard InChI is InChI=1S/C26H22BrFN2O3S/c1-3-32-22-12-18(21(27)14-23(22)33-15-17-5-4-6-19(28)11-17)13-24-25(31)30-26(34-24)29-20-9-7-16(2)8-10-20/h4-14H,3,15H2,1-2H3,(H,29,30,31)/b24-13+. The van der Waals surface area contributed by atoms with Crippen LogP contribution in [0.15, 0.2) is 75.0 Å². The number of amidine groups is 1. The molecule has 8 heteroatoms. The molecule has 0 radical (unpaired) electrons. The minimum atomic E-state index is -0.313. The molecule has 5 nitrogen and oxygen atoms in total. The summed E-state index contributed by atoms with van der Waals surface area (Å²) in [5.41, 5.74) is 3.39. The third-order valence-corrected chi connectivity index (χ3v) is 6.44. The molecule has 0 aromatic heterocycles. The molecule has 34 heavy (non-hydrogen) atoms. The van der Waals surface area contributed by atoms with E-state index in [-0.39, 0.29) is 18.3 Å². The van der Waals surface area contributed by atoms with Gasteiger partial charge >= 0.3 is 0 Å². The number of ether oxygens (including phenoxy) is 2. The van der Waals surface area contributed by atoms with Crippen LogP contribution in [0.2, 0.25) is 0 Å². The maximum Gasteiger partial charge on any atom is 0.264 e. The van der Waals surface area contributed by atoms with Gasteiger partial charge in [-0.2, -0.15) is 0 Å². The molecule has 0 bridgehead atoms. The highest BCUT2D eigenvalue weighted by Crippen LogP contribution is 2.37. The predicted molar refractivity (Wildman–Crippen MR) is 138 cm³/mol. The largest absolute Gasteiger partial charge is 0.490 e. The second-order valence-electron chi connectivity index (χ2n) is 7.49. The quantitative estimate of drug-likeness (QED) is 0.336. The van der Waals surface area contributed by atoms with Gasteiger partial charge in [-0.25, -0.2) is 9.38 Å². The number of hydrogen-bond donors (Lipinski definition) is 1. The van der Waals surface area contributed by atoms with Gasteiger partial charge in [0.05, 0.1) is 17.2 Å². The summed E-state index contributed by atoms with van der Waals surface area (Å²) in [5.74, 6) is 0.523. The summed E-state index contributed by atoms with van der Waals surface area (Å²) < 4.78 is 25.9. The number of amides is 1. The summed E-state index contributed by atoms with van der Waals surface area (Å²) in [6.07, 6.45) is 1.78. The first kappa shape index (κ1) is 24.0. The first-order valence-corrected chi connectivity index (χ1v) is 12.2. The number of nitrogens with one attached hydrogen (secondary N) is 1. The zero-order valence-corrected chi connectivity index (χ0v) is 21.0. The SMILES string of the molecule is CCOc1cc(/C=C2/SC(=Nc3ccc(C)cc3)NC2=O)c(Br)cc1OCc1cccc(F)c1. The maximum absolute atomic E-state index is 13.5. The van der Waals surface area contributed by atoms with Crippen LogP contribution in [0.5, 0.6) is 11.5 Å². The van der Waals surface area contributed by atoms with Gasteiger partial charge in [-0.3, -0.25) is 4.79 Å². The van der Waals surface area contributed by atoms with Crippen LogP contribution >= 0.6 is 27.7 Å². The molecule has 0 unspecified atom stereocenters. The molecule has 4 rings (SSSR count). The van der Waals surface area contributed by atoms with Crippen molar-refractivity contribution >= 4 is 50.5 Å². The molecule has 1 aliphatic heterocycles. The van der Waals surface area contributed by atoms with Crippen LogP contribution in [-0.4, -0.2) is 17.7 Å². The van der Waals surface area contributed by atoms with Crippen molar-refractivity contribution in [3.8, 4) is 11.5 Å². The molecule has 3 aromatic rings. The first-order chi connectivity index (χ1) is 16.4. The van der Waals surface area contributed by atoms with E-state index in [4.69, 9.17) is 9.47 Å². The topological polar surface area (TPSA) is 59.9 Å². The molecule has 0 aliphatic carbocycles. The van der Waals surface area contributed by atoms with Crippen molar-refractivity contribution in [2.45, 2.75) is 20.5 Å². The lowest BCUT2D eigenvalue weighted by Gasteiger charge is -2.14. The number of hydrogen-bond acceptors (Lipinski definition) is 5. The molecule has 1 heterocycles. The van der Waals surface area contributed by atoms with Gasteiger partial charge in [0.15, 0.2) is 16.7 Å². The molecule has 3 aromatic carbocycles. The Hall–Kier alpha value is -3.10. The van der Waals surface area contributed by atoms with Crippen LogP contribution < -0.4 is 14.8 Å². The van der Waals surface area contributed by atoms with E-state index < -0.39 is 0 Å². The summed E-state index contributed by atoms with van der Waals surface area (Å²) >= 11 is 4.84. The Morgan fingerprint density at radius 1 is 1.09 bits per heavy atom. The van der Waals surface area contributed by atoms with E-state index in [1.54, 1.807) is 24.3 Å². The van der Waals surface area contributed by atoms with Gasteiger partial charge in [0, 0.05) is 4.47 Å². The van der Waals surface area contributed by atoms with E-state index >= 15 is 0 Å². The number of benzene rings is 3. The fraction of sp³-hybridized carbons (Fsp3) is 0.154. The highest BCUT2D eigenvalue weighted by Gasteiger charge is 2.24. The Bertz CT molecular complexity index is 1280. The Morgan fingerprint density at radius 3 is 2.59 bits per heavy atom. The van der Waals surface area contributed by atoms with Gasteiger partial charge in [-0.15, -0.1) is 0 Å². The molecule has 0 saturated carbocycles. The molecule has 1 fully saturated rings. The number of rotatable bonds is 7. The van der Waals surface area contributed by atoms with Crippen LogP contribution in [0.1, 0.15) is 23.6 Å². The molecule has 1 N–H and O–H groups in total. The number of aliphatic imine (C=N–C) groups is 1. The molecule has 1 saturated heterocycles. The monoisotopic (exact) mass is 540 g/mol. The summed E-state index contributed by atoms with van der Waals surface area (Å²) in [5, 5.41) is 3.33. The Kier molecular flexibility index (Phi) is 7.70. The average molecular weight is 541 g/mol. The third kappa shape index (κ3) is 6.07. The minimum absolute atomic E-state index is 0.196. The molecular weight excluding hydrogens is 519 g/mol. The van der Waals surface area contributed by atoms with Crippen molar-refractivity contribution in [3.05, 3.63) is 92.5 Å². The van der Waals surface area contributed by atoms with Crippen molar-refractivity contribution in [1.82, 2.24) is 5.32 Å². The third-order valence-electron chi connectivity index (χ3n) is 4.85. The fourth-order valence-electron chi connectivity index (χ4n) is 3.19. The van der Waals surface area contributed by atoms with Crippen molar-refractivity contribution in [2.24, 2.45) is 4.99 Å². The molecule has 1 aliphatic rings. The van der Waals surface area contributed by atoms with Gasteiger partial charge in [0.1, 0.15) is 12.4 Å². The van der Waals surface area contributed by atoms with E-state index in [0.29, 0.717) is 33.7 Å². The van der Waals surface area contributed by atoms with Crippen LogP contribution in [0, 0.1) is 12.7 Å². The molecule has 0 atom stereocenters. The van der Waals surface area contributed by atoms with Gasteiger partial charge in [-0.05, 0) is 79.2 Å². The lowest BCUT2D eigenvalue weighted by atomic mass is 10.1. The van der Waals surface area contributed by atoms with E-state index in [1.165, 1.54) is 23.9 Å². The molecule has 1 amide bonds. The van der Waals surface area contributed by atoms with Crippen molar-refractivity contribution in [1.29, 1.82) is 0 Å². The van der Waals surface area contributed by atoms with Crippen molar-refractivity contribution in [2.75, 3.05) is 6.61 Å². The van der Waals surface area contributed by atoms with Crippen LogP contribution in [0.3, 0.4) is 0 Å². The zero-order valence-electron chi connectivity index (χ0n) is 18.6. The number of halogens is 2. The average Bonchev–Trinajstić information content (AvgIpc) is 3.15. The van der Waals surface area contributed by atoms with E-state index in [0.717, 1.165) is 21.3 Å². The summed E-state index contributed by atoms with van der Waals surface area (Å²) in [6, 6.07) is 17.6. The van der Waals surface area contributed by atoms with E-state index in [9.17, 15) is 9.18 Å². The minimum Gasteiger partial charge on any atom is -0.490 e. The number of carbonyl (C=O) groups excluding carboxylic acids is 1. The number of carbonyl (C=O) groups is 1. The predicted octanol–water partition coefficient (Wildman–Crippen LogP) is 6.77. The Balaban J connectivity index is 1.55. The van der Waals surface area contributed by atoms with E-state index in [1.807, 2.05) is 44.2 Å². The molecule has 174 valence electrons. The summed E-state index contributed by atoms with van der Waals surface area (Å²) in [7, 11) is 0. The van der Waals surface area contributed by atoms with Gasteiger partial charge in [-0.1, -0.05) is 45.8 Å². The summed E-state index contributed by atoms with van der Waals surface area (Å²) in [4.78, 5) is 17.6. The molecule has 0 spiro atoms. The summed E-state index contributed by atoms with van der Waals surface area (Å²) in [6.45, 7) is 4.53. The van der Waals surface area contributed by atoms with Crippen molar-refractivity contribution in [3.63, 3.8) is 0 Å². The second-order valence-corrected chi connectivity index (χ2v) is 9.37. The Morgan fingerprint density at radius 2 is 1.85 bits per heavy atom. The number of nitrogens with zero attached hydrogens (tertiary/aromatic N) is 1. The van der Waals surface area contributed by atoms with Gasteiger partial charge in [0.25, 0.3) is 5.91 Å². The lowest BCUT2D eigenvalue weighted by molar-refractivity contribution is -0.115. The van der Waals surface area contributed by atoms with E-state index in [2.05, 4.69) is 26.2 Å². The molecular formula is C26H22BrFN2O3S. The van der Waals surface area contributed by atoms with Crippen molar-refractivity contribution < 1.29 is 18.7 Å². The Labute approximate surface area is 210 Å². The number of aryl methyl sites for hydroxylation is 1.